The molecular weight excluding hydrogens is 298 g/mol. The van der Waals surface area contributed by atoms with E-state index in [4.69, 9.17) is 21.7 Å². The van der Waals surface area contributed by atoms with Gasteiger partial charge in [-0.05, 0) is 36.8 Å². The fraction of sp³-hybridized carbons (Fsp3) is 0.375. The second-order valence-electron chi connectivity index (χ2n) is 4.76. The summed E-state index contributed by atoms with van der Waals surface area (Å²) in [6, 6.07) is 5.71. The van der Waals surface area contributed by atoms with E-state index in [2.05, 4.69) is 22.5 Å². The van der Waals surface area contributed by atoms with Gasteiger partial charge in [0.2, 0.25) is 0 Å². The highest BCUT2D eigenvalue weighted by Crippen LogP contribution is 2.34. The summed E-state index contributed by atoms with van der Waals surface area (Å²) < 4.78 is 10.9. The molecule has 0 aliphatic heterocycles. The molecule has 0 bridgehead atoms. The average Bonchev–Trinajstić information content (AvgIpc) is 2.56. The van der Waals surface area contributed by atoms with Gasteiger partial charge in [-0.1, -0.05) is 6.92 Å². The molecule has 0 amide bonds. The number of fused-ring (bicyclic) bond motifs is 1. The predicted octanol–water partition coefficient (Wildman–Crippen LogP) is 2.63. The summed E-state index contributed by atoms with van der Waals surface area (Å²) in [5.41, 5.74) is 0.869. The van der Waals surface area contributed by atoms with Gasteiger partial charge in [-0.2, -0.15) is 0 Å². The quantitative estimate of drug-likeness (QED) is 0.798. The molecule has 0 spiro atoms. The van der Waals surface area contributed by atoms with Crippen LogP contribution in [0, 0.1) is 0 Å². The normalized spacial score (nSPS) is 10.3. The highest BCUT2D eigenvalue weighted by atomic mass is 32.1. The summed E-state index contributed by atoms with van der Waals surface area (Å²) in [7, 11) is 3.31. The number of ether oxygens (including phenoxy) is 2. The van der Waals surface area contributed by atoms with Crippen molar-refractivity contribution in [2.45, 2.75) is 19.9 Å². The molecule has 1 aromatic carbocycles. The SMILES string of the molecule is CCCNC(=S)NCc1nccc2c(OC)ccc(OC)c12. The van der Waals surface area contributed by atoms with Crippen LogP contribution < -0.4 is 20.1 Å². The second-order valence-corrected chi connectivity index (χ2v) is 5.17. The first kappa shape index (κ1) is 16.3. The zero-order chi connectivity index (χ0) is 15.9. The largest absolute Gasteiger partial charge is 0.496 e. The van der Waals surface area contributed by atoms with Gasteiger partial charge in [0.25, 0.3) is 0 Å². The monoisotopic (exact) mass is 319 g/mol. The summed E-state index contributed by atoms with van der Waals surface area (Å²) in [5, 5.41) is 8.86. The van der Waals surface area contributed by atoms with Gasteiger partial charge in [0, 0.05) is 18.1 Å². The maximum atomic E-state index is 5.47. The minimum atomic E-state index is 0.524. The zero-order valence-electron chi connectivity index (χ0n) is 13.1. The highest BCUT2D eigenvalue weighted by molar-refractivity contribution is 7.80. The van der Waals surface area contributed by atoms with Crippen LogP contribution in [0.2, 0.25) is 0 Å². The Kier molecular flexibility index (Phi) is 5.77. The van der Waals surface area contributed by atoms with Crippen molar-refractivity contribution in [3.8, 4) is 11.5 Å². The number of nitrogens with one attached hydrogen (secondary N) is 2. The van der Waals surface area contributed by atoms with Crippen molar-refractivity contribution in [1.29, 1.82) is 0 Å². The van der Waals surface area contributed by atoms with E-state index >= 15 is 0 Å². The smallest absolute Gasteiger partial charge is 0.166 e. The molecule has 22 heavy (non-hydrogen) atoms. The zero-order valence-corrected chi connectivity index (χ0v) is 13.9. The fourth-order valence-electron chi connectivity index (χ4n) is 2.26. The topological polar surface area (TPSA) is 55.4 Å². The molecular formula is C16H21N3O2S. The van der Waals surface area contributed by atoms with Crippen LogP contribution in [0.4, 0.5) is 0 Å². The molecule has 0 atom stereocenters. The van der Waals surface area contributed by atoms with Gasteiger partial charge in [0.1, 0.15) is 11.5 Å². The van der Waals surface area contributed by atoms with Crippen molar-refractivity contribution in [2.75, 3.05) is 20.8 Å². The molecule has 0 saturated heterocycles. The molecule has 6 heteroatoms. The Hall–Kier alpha value is -2.08. The Morgan fingerprint density at radius 3 is 2.55 bits per heavy atom. The van der Waals surface area contributed by atoms with E-state index in [0.29, 0.717) is 11.7 Å². The number of nitrogens with zero attached hydrogens (tertiary/aromatic N) is 1. The lowest BCUT2D eigenvalue weighted by molar-refractivity contribution is 0.410. The van der Waals surface area contributed by atoms with Crippen LogP contribution in [0.5, 0.6) is 11.5 Å². The Balaban J connectivity index is 2.31. The van der Waals surface area contributed by atoms with E-state index in [0.717, 1.165) is 40.9 Å². The third-order valence-corrected chi connectivity index (χ3v) is 3.61. The van der Waals surface area contributed by atoms with Crippen LogP contribution in [0.15, 0.2) is 24.4 Å². The average molecular weight is 319 g/mol. The van der Waals surface area contributed by atoms with Gasteiger partial charge in [-0.3, -0.25) is 4.98 Å². The minimum absolute atomic E-state index is 0.524. The van der Waals surface area contributed by atoms with Crippen molar-refractivity contribution in [3.05, 3.63) is 30.1 Å². The summed E-state index contributed by atoms with van der Waals surface area (Å²) in [5.74, 6) is 1.57. The van der Waals surface area contributed by atoms with Gasteiger partial charge in [-0.15, -0.1) is 0 Å². The number of aromatic nitrogens is 1. The van der Waals surface area contributed by atoms with E-state index in [1.54, 1.807) is 20.4 Å². The van der Waals surface area contributed by atoms with Crippen molar-refractivity contribution in [1.82, 2.24) is 15.6 Å². The van der Waals surface area contributed by atoms with Crippen LogP contribution in [-0.2, 0) is 6.54 Å². The van der Waals surface area contributed by atoms with Gasteiger partial charge < -0.3 is 20.1 Å². The van der Waals surface area contributed by atoms with Gasteiger partial charge >= 0.3 is 0 Å². The molecule has 1 heterocycles. The van der Waals surface area contributed by atoms with Gasteiger partial charge in [-0.25, -0.2) is 0 Å². The van der Waals surface area contributed by atoms with E-state index in [-0.39, 0.29) is 0 Å². The first-order valence-electron chi connectivity index (χ1n) is 7.21. The van der Waals surface area contributed by atoms with Crippen molar-refractivity contribution >= 4 is 28.1 Å². The Morgan fingerprint density at radius 1 is 1.14 bits per heavy atom. The molecule has 2 N–H and O–H groups in total. The Morgan fingerprint density at radius 2 is 1.86 bits per heavy atom. The summed E-state index contributed by atoms with van der Waals surface area (Å²) in [4.78, 5) is 4.46. The van der Waals surface area contributed by atoms with E-state index < -0.39 is 0 Å². The van der Waals surface area contributed by atoms with Gasteiger partial charge in [0.05, 0.1) is 31.8 Å². The number of rotatable bonds is 6. The van der Waals surface area contributed by atoms with Crippen LogP contribution in [-0.4, -0.2) is 30.9 Å². The number of benzene rings is 1. The first-order chi connectivity index (χ1) is 10.7. The number of hydrogen-bond acceptors (Lipinski definition) is 4. The molecule has 5 nitrogen and oxygen atoms in total. The summed E-state index contributed by atoms with van der Waals surface area (Å²) >= 11 is 5.25. The maximum absolute atomic E-state index is 5.47. The van der Waals surface area contributed by atoms with Crippen molar-refractivity contribution in [3.63, 3.8) is 0 Å². The van der Waals surface area contributed by atoms with E-state index in [1.165, 1.54) is 0 Å². The lowest BCUT2D eigenvalue weighted by Gasteiger charge is -2.14. The van der Waals surface area contributed by atoms with Gasteiger partial charge in [0.15, 0.2) is 5.11 Å². The number of methoxy groups -OCH3 is 2. The van der Waals surface area contributed by atoms with E-state index in [9.17, 15) is 0 Å². The molecule has 0 radical (unpaired) electrons. The fourth-order valence-corrected chi connectivity index (χ4v) is 2.43. The van der Waals surface area contributed by atoms with Crippen LogP contribution in [0.25, 0.3) is 10.8 Å². The predicted molar refractivity (Wildman–Crippen MR) is 92.6 cm³/mol. The summed E-state index contributed by atoms with van der Waals surface area (Å²) in [6.45, 7) is 3.47. The lowest BCUT2D eigenvalue weighted by atomic mass is 10.1. The standard InChI is InChI=1S/C16H21N3O2S/c1-4-8-18-16(22)19-10-12-15-11(7-9-17-12)13(20-2)5-6-14(15)21-3/h5-7,9H,4,8,10H2,1-3H3,(H2,18,19,22). The number of hydrogen-bond donors (Lipinski definition) is 2. The Bertz CT molecular complexity index is 661. The highest BCUT2D eigenvalue weighted by Gasteiger charge is 2.12. The maximum Gasteiger partial charge on any atom is 0.166 e. The van der Waals surface area contributed by atoms with Crippen LogP contribution in [0.1, 0.15) is 19.0 Å². The van der Waals surface area contributed by atoms with Crippen LogP contribution in [0.3, 0.4) is 0 Å². The Labute approximate surface area is 136 Å². The first-order valence-corrected chi connectivity index (χ1v) is 7.62. The third-order valence-electron chi connectivity index (χ3n) is 3.32. The van der Waals surface area contributed by atoms with Crippen molar-refractivity contribution in [2.24, 2.45) is 0 Å². The van der Waals surface area contributed by atoms with Crippen molar-refractivity contribution < 1.29 is 9.47 Å². The molecule has 0 aliphatic rings. The van der Waals surface area contributed by atoms with Crippen LogP contribution >= 0.6 is 12.2 Å². The number of pyridine rings is 1. The summed E-state index contributed by atoms with van der Waals surface area (Å²) in [6.07, 6.45) is 2.79. The molecule has 0 unspecified atom stereocenters. The second kappa shape index (κ2) is 7.79. The molecule has 118 valence electrons. The molecule has 0 fully saturated rings. The number of thiocarbonyl (C=S) groups is 1. The van der Waals surface area contributed by atoms with E-state index in [1.807, 2.05) is 18.2 Å². The molecule has 2 rings (SSSR count). The molecule has 0 aliphatic carbocycles. The molecule has 1 aromatic heterocycles. The molecule has 2 aromatic rings. The molecule has 0 saturated carbocycles. The third kappa shape index (κ3) is 3.57. The lowest BCUT2D eigenvalue weighted by Crippen LogP contribution is -2.35. The minimum Gasteiger partial charge on any atom is -0.496 e.